The molecule has 0 saturated heterocycles. The molecule has 1 heterocycles. The number of aliphatic hydroxyl groups excluding tert-OH is 2. The van der Waals surface area contributed by atoms with Crippen LogP contribution in [0.5, 0.6) is 0 Å². The molecule has 1 aromatic rings. The van der Waals surface area contributed by atoms with Crippen molar-refractivity contribution in [2.45, 2.75) is 30.4 Å². The average molecular weight is 297 g/mol. The third kappa shape index (κ3) is 2.93. The van der Waals surface area contributed by atoms with Gasteiger partial charge < -0.3 is 10.2 Å². The van der Waals surface area contributed by atoms with Gasteiger partial charge in [0.1, 0.15) is 0 Å². The van der Waals surface area contributed by atoms with Gasteiger partial charge >= 0.3 is 0 Å². The van der Waals surface area contributed by atoms with Crippen LogP contribution < -0.4 is 0 Å². The van der Waals surface area contributed by atoms with Gasteiger partial charge in [0.2, 0.25) is 10.0 Å². The Kier molecular flexibility index (Phi) is 4.59. The molecule has 0 radical (unpaired) electrons. The van der Waals surface area contributed by atoms with E-state index in [1.54, 1.807) is 30.3 Å². The number of aliphatic hydroxyl groups is 2. The molecule has 5 nitrogen and oxygen atoms in total. The first-order valence-electron chi connectivity index (χ1n) is 6.49. The molecule has 0 fully saturated rings. The molecule has 1 aromatic carbocycles. The van der Waals surface area contributed by atoms with E-state index in [9.17, 15) is 13.5 Å². The molecule has 0 saturated carbocycles. The van der Waals surface area contributed by atoms with Crippen molar-refractivity contribution in [1.82, 2.24) is 4.31 Å². The predicted molar refractivity (Wildman–Crippen MR) is 75.7 cm³/mol. The van der Waals surface area contributed by atoms with Gasteiger partial charge in [0.05, 0.1) is 23.6 Å². The van der Waals surface area contributed by atoms with Crippen molar-refractivity contribution in [1.29, 1.82) is 0 Å². The second-order valence-corrected chi connectivity index (χ2v) is 6.80. The van der Waals surface area contributed by atoms with Gasteiger partial charge in [-0.3, -0.25) is 0 Å². The Morgan fingerprint density at radius 1 is 1.30 bits per heavy atom. The minimum atomic E-state index is -3.67. The summed E-state index contributed by atoms with van der Waals surface area (Å²) in [5.41, 5.74) is 0.981. The first-order chi connectivity index (χ1) is 9.46. The van der Waals surface area contributed by atoms with E-state index < -0.39 is 28.8 Å². The number of aryl methyl sites for hydroxylation is 1. The van der Waals surface area contributed by atoms with Crippen molar-refractivity contribution in [2.24, 2.45) is 0 Å². The molecule has 0 aromatic heterocycles. The van der Waals surface area contributed by atoms with Crippen molar-refractivity contribution in [3.05, 3.63) is 42.0 Å². The van der Waals surface area contributed by atoms with Gasteiger partial charge in [-0.15, -0.1) is 0 Å². The summed E-state index contributed by atoms with van der Waals surface area (Å²) in [7, 11) is -3.67. The number of rotatable bonds is 4. The van der Waals surface area contributed by atoms with E-state index in [1.165, 1.54) is 4.31 Å². The summed E-state index contributed by atoms with van der Waals surface area (Å²) in [5.74, 6) is 0. The lowest BCUT2D eigenvalue weighted by Gasteiger charge is -2.34. The number of nitrogens with zero attached hydrogens (tertiary/aromatic N) is 1. The highest BCUT2D eigenvalue weighted by Gasteiger charge is 2.35. The van der Waals surface area contributed by atoms with Gasteiger partial charge in [0, 0.05) is 6.54 Å². The Bertz CT molecular complexity index is 580. The summed E-state index contributed by atoms with van der Waals surface area (Å²) in [6.07, 6.45) is 2.89. The normalized spacial score (nSPS) is 21.9. The Morgan fingerprint density at radius 2 is 1.95 bits per heavy atom. The highest BCUT2D eigenvalue weighted by Crippen LogP contribution is 2.24. The maximum atomic E-state index is 12.6. The fourth-order valence-corrected chi connectivity index (χ4v) is 3.88. The van der Waals surface area contributed by atoms with Crippen molar-refractivity contribution < 1.29 is 18.6 Å². The molecule has 0 unspecified atom stereocenters. The maximum Gasteiger partial charge on any atom is 0.243 e. The zero-order valence-electron chi connectivity index (χ0n) is 11.3. The van der Waals surface area contributed by atoms with Crippen LogP contribution in [-0.4, -0.2) is 48.2 Å². The van der Waals surface area contributed by atoms with E-state index in [1.807, 2.05) is 13.0 Å². The minimum absolute atomic E-state index is 0.202. The molecule has 0 amide bonds. The lowest BCUT2D eigenvalue weighted by atomic mass is 10.1. The molecule has 6 heteroatoms. The summed E-state index contributed by atoms with van der Waals surface area (Å²) in [4.78, 5) is 0.202. The zero-order chi connectivity index (χ0) is 14.8. The molecule has 20 heavy (non-hydrogen) atoms. The molecule has 110 valence electrons. The number of sulfonamides is 1. The van der Waals surface area contributed by atoms with Gasteiger partial charge in [0.25, 0.3) is 0 Å². The minimum Gasteiger partial charge on any atom is -0.394 e. The first-order valence-corrected chi connectivity index (χ1v) is 7.93. The molecule has 0 spiro atoms. The molecular weight excluding hydrogens is 278 g/mol. The van der Waals surface area contributed by atoms with Crippen LogP contribution in [0.2, 0.25) is 0 Å². The summed E-state index contributed by atoms with van der Waals surface area (Å²) >= 11 is 0. The van der Waals surface area contributed by atoms with E-state index in [-0.39, 0.29) is 11.4 Å². The molecule has 2 atom stereocenters. The Hall–Kier alpha value is -1.21. The fourth-order valence-electron chi connectivity index (χ4n) is 2.26. The summed E-state index contributed by atoms with van der Waals surface area (Å²) < 4.78 is 26.5. The van der Waals surface area contributed by atoms with E-state index in [0.717, 1.165) is 5.56 Å². The van der Waals surface area contributed by atoms with E-state index in [0.29, 0.717) is 6.42 Å². The molecule has 1 aliphatic rings. The second-order valence-electron chi connectivity index (χ2n) is 4.91. The van der Waals surface area contributed by atoms with Crippen LogP contribution in [0.25, 0.3) is 0 Å². The monoisotopic (exact) mass is 297 g/mol. The predicted octanol–water partition coefficient (Wildman–Crippen LogP) is 0.667. The van der Waals surface area contributed by atoms with Crippen LogP contribution in [0.3, 0.4) is 0 Å². The van der Waals surface area contributed by atoms with Crippen molar-refractivity contribution in [3.63, 3.8) is 0 Å². The zero-order valence-corrected chi connectivity index (χ0v) is 12.1. The average Bonchev–Trinajstić information content (AvgIpc) is 2.47. The van der Waals surface area contributed by atoms with Crippen LogP contribution in [0.1, 0.15) is 12.0 Å². The number of benzene rings is 1. The molecule has 0 aliphatic carbocycles. The van der Waals surface area contributed by atoms with Crippen molar-refractivity contribution >= 4 is 10.0 Å². The van der Waals surface area contributed by atoms with Gasteiger partial charge in [-0.2, -0.15) is 4.31 Å². The fraction of sp³-hybridized carbons (Fsp3) is 0.429. The third-order valence-corrected chi connectivity index (χ3v) is 5.36. The quantitative estimate of drug-likeness (QED) is 0.801. The van der Waals surface area contributed by atoms with Crippen LogP contribution in [-0.2, 0) is 10.0 Å². The van der Waals surface area contributed by atoms with Gasteiger partial charge in [-0.1, -0.05) is 29.8 Å². The standard InChI is InChI=1S/C14H19NO4S/c1-11-5-7-12(8-6-11)20(18,19)15-9-3-2-4-13(15)14(17)10-16/h2-3,5-8,13-14,16-17H,4,9-10H2,1H3/t13-,14+/m0/s1. The molecule has 0 bridgehead atoms. The Balaban J connectivity index is 2.36. The Morgan fingerprint density at radius 3 is 2.55 bits per heavy atom. The highest BCUT2D eigenvalue weighted by molar-refractivity contribution is 7.89. The summed E-state index contributed by atoms with van der Waals surface area (Å²) in [5, 5.41) is 18.9. The molecular formula is C14H19NO4S. The van der Waals surface area contributed by atoms with Gasteiger partial charge in [0.15, 0.2) is 0 Å². The lowest BCUT2D eigenvalue weighted by Crippen LogP contribution is -2.49. The van der Waals surface area contributed by atoms with E-state index >= 15 is 0 Å². The molecule has 2 N–H and O–H groups in total. The van der Waals surface area contributed by atoms with Crippen molar-refractivity contribution in [3.8, 4) is 0 Å². The Labute approximate surface area is 119 Å². The van der Waals surface area contributed by atoms with Gasteiger partial charge in [-0.25, -0.2) is 8.42 Å². The summed E-state index contributed by atoms with van der Waals surface area (Å²) in [6, 6.07) is 5.97. The number of hydrogen-bond donors (Lipinski definition) is 2. The van der Waals surface area contributed by atoms with Crippen LogP contribution in [0.4, 0.5) is 0 Å². The van der Waals surface area contributed by atoms with E-state index in [2.05, 4.69) is 0 Å². The van der Waals surface area contributed by atoms with Crippen LogP contribution >= 0.6 is 0 Å². The highest BCUT2D eigenvalue weighted by atomic mass is 32.2. The van der Waals surface area contributed by atoms with Crippen LogP contribution in [0, 0.1) is 6.92 Å². The van der Waals surface area contributed by atoms with Crippen LogP contribution in [0.15, 0.2) is 41.3 Å². The van der Waals surface area contributed by atoms with Crippen molar-refractivity contribution in [2.75, 3.05) is 13.2 Å². The molecule has 2 rings (SSSR count). The SMILES string of the molecule is Cc1ccc(S(=O)(=O)N2CC=CC[C@H]2[C@H](O)CO)cc1. The lowest BCUT2D eigenvalue weighted by molar-refractivity contribution is 0.0394. The topological polar surface area (TPSA) is 77.8 Å². The first kappa shape index (κ1) is 15.2. The molecule has 1 aliphatic heterocycles. The maximum absolute atomic E-state index is 12.6. The third-order valence-electron chi connectivity index (χ3n) is 3.46. The smallest absolute Gasteiger partial charge is 0.243 e. The van der Waals surface area contributed by atoms with Gasteiger partial charge in [-0.05, 0) is 25.5 Å². The second kappa shape index (κ2) is 6.05. The van der Waals surface area contributed by atoms with E-state index in [4.69, 9.17) is 5.11 Å². The number of hydrogen-bond acceptors (Lipinski definition) is 4. The summed E-state index contributed by atoms with van der Waals surface area (Å²) in [6.45, 7) is 1.63. The largest absolute Gasteiger partial charge is 0.394 e.